The number of rotatable bonds is 3. The molecule has 104 valence electrons. The second kappa shape index (κ2) is 6.45. The van der Waals surface area contributed by atoms with Crippen molar-refractivity contribution in [2.45, 2.75) is 6.54 Å². The van der Waals surface area contributed by atoms with Crippen molar-refractivity contribution in [3.63, 3.8) is 0 Å². The van der Waals surface area contributed by atoms with Gasteiger partial charge in [-0.1, -0.05) is 29.8 Å². The van der Waals surface area contributed by atoms with Crippen molar-refractivity contribution in [2.75, 3.05) is 7.05 Å². The number of hydrogen-bond acceptors (Lipinski definition) is 2. The van der Waals surface area contributed by atoms with E-state index in [0.29, 0.717) is 22.7 Å². The van der Waals surface area contributed by atoms with Crippen molar-refractivity contribution in [3.8, 4) is 5.75 Å². The lowest BCUT2D eigenvalue weighted by molar-refractivity contribution is 0.0784. The van der Waals surface area contributed by atoms with Gasteiger partial charge in [0.1, 0.15) is 5.75 Å². The van der Waals surface area contributed by atoms with Gasteiger partial charge in [0, 0.05) is 28.3 Å². The largest absolute Gasteiger partial charge is 0.508 e. The van der Waals surface area contributed by atoms with E-state index in [9.17, 15) is 9.90 Å². The van der Waals surface area contributed by atoms with Crippen LogP contribution in [-0.2, 0) is 6.54 Å². The summed E-state index contributed by atoms with van der Waals surface area (Å²) >= 11 is 8.14. The Morgan fingerprint density at radius 3 is 2.65 bits per heavy atom. The van der Waals surface area contributed by atoms with Gasteiger partial charge in [-0.15, -0.1) is 0 Å². The van der Waals surface area contributed by atoms with Crippen LogP contribution < -0.4 is 0 Å². The summed E-state index contributed by atoms with van der Waals surface area (Å²) in [5.41, 5.74) is 1.24. The summed E-state index contributed by atoms with van der Waals surface area (Å²) in [6.45, 7) is 0.342. The molecule has 0 saturated carbocycles. The second-order valence-corrected chi connectivity index (χ2v) is 5.99. The normalized spacial score (nSPS) is 10.3. The maximum atomic E-state index is 12.3. The topological polar surface area (TPSA) is 40.5 Å². The van der Waals surface area contributed by atoms with E-state index < -0.39 is 0 Å². The molecule has 20 heavy (non-hydrogen) atoms. The summed E-state index contributed by atoms with van der Waals surface area (Å²) in [5, 5.41) is 10.3. The highest BCUT2D eigenvalue weighted by atomic mass is 127. The monoisotopic (exact) mass is 401 g/mol. The summed E-state index contributed by atoms with van der Waals surface area (Å²) in [7, 11) is 1.70. The van der Waals surface area contributed by atoms with E-state index in [0.717, 1.165) is 3.57 Å². The highest BCUT2D eigenvalue weighted by Crippen LogP contribution is 2.22. The molecule has 1 N–H and O–H groups in total. The molecule has 2 rings (SSSR count). The first-order valence-corrected chi connectivity index (χ1v) is 7.42. The molecule has 0 spiro atoms. The molecule has 5 heteroatoms. The number of carbonyl (C=O) groups is 1. The van der Waals surface area contributed by atoms with E-state index in [1.54, 1.807) is 42.3 Å². The standard InChI is InChI=1S/C15H13ClINO2/c1-18(9-11-4-2-3-5-14(11)19)15(20)10-6-7-13(17)12(16)8-10/h2-8,19H,9H2,1H3. The Morgan fingerprint density at radius 1 is 1.30 bits per heavy atom. The minimum atomic E-state index is -0.133. The SMILES string of the molecule is CN(Cc1ccccc1O)C(=O)c1ccc(I)c(Cl)c1. The molecular weight excluding hydrogens is 389 g/mol. The quantitative estimate of drug-likeness (QED) is 0.792. The van der Waals surface area contributed by atoms with E-state index in [-0.39, 0.29) is 11.7 Å². The minimum absolute atomic E-state index is 0.133. The number of aromatic hydroxyl groups is 1. The van der Waals surface area contributed by atoms with Crippen molar-refractivity contribution in [2.24, 2.45) is 0 Å². The smallest absolute Gasteiger partial charge is 0.253 e. The van der Waals surface area contributed by atoms with Crippen LogP contribution in [0.3, 0.4) is 0 Å². The lowest BCUT2D eigenvalue weighted by atomic mass is 10.1. The number of amides is 1. The highest BCUT2D eigenvalue weighted by Gasteiger charge is 2.14. The van der Waals surface area contributed by atoms with Crippen LogP contribution in [0, 0.1) is 3.57 Å². The van der Waals surface area contributed by atoms with Crippen LogP contribution in [0.2, 0.25) is 5.02 Å². The Bertz CT molecular complexity index is 646. The van der Waals surface area contributed by atoms with Crippen molar-refractivity contribution in [1.82, 2.24) is 4.90 Å². The maximum Gasteiger partial charge on any atom is 0.253 e. The fraction of sp³-hybridized carbons (Fsp3) is 0.133. The summed E-state index contributed by atoms with van der Waals surface area (Å²) < 4.78 is 0.907. The number of benzene rings is 2. The number of nitrogens with zero attached hydrogens (tertiary/aromatic N) is 1. The van der Waals surface area contributed by atoms with E-state index in [1.165, 1.54) is 0 Å². The number of hydrogen-bond donors (Lipinski definition) is 1. The molecule has 0 aliphatic rings. The van der Waals surface area contributed by atoms with Gasteiger partial charge in [0.25, 0.3) is 5.91 Å². The van der Waals surface area contributed by atoms with Gasteiger partial charge in [0.15, 0.2) is 0 Å². The van der Waals surface area contributed by atoms with Crippen LogP contribution in [0.5, 0.6) is 5.75 Å². The third kappa shape index (κ3) is 3.43. The average Bonchev–Trinajstić information content (AvgIpc) is 2.43. The Kier molecular flexibility index (Phi) is 4.88. The van der Waals surface area contributed by atoms with Gasteiger partial charge in [-0.25, -0.2) is 0 Å². The van der Waals surface area contributed by atoms with Crippen LogP contribution in [0.1, 0.15) is 15.9 Å². The number of para-hydroxylation sites is 1. The van der Waals surface area contributed by atoms with Crippen LogP contribution in [0.4, 0.5) is 0 Å². The van der Waals surface area contributed by atoms with Crippen LogP contribution in [0.25, 0.3) is 0 Å². The maximum absolute atomic E-state index is 12.3. The number of phenolic OH excluding ortho intramolecular Hbond substituents is 1. The molecule has 0 bridgehead atoms. The number of halogens is 2. The summed E-state index contributed by atoms with van der Waals surface area (Å²) in [6.07, 6.45) is 0. The highest BCUT2D eigenvalue weighted by molar-refractivity contribution is 14.1. The second-order valence-electron chi connectivity index (χ2n) is 4.42. The van der Waals surface area contributed by atoms with Crippen LogP contribution >= 0.6 is 34.2 Å². The molecule has 0 radical (unpaired) electrons. The fourth-order valence-electron chi connectivity index (χ4n) is 1.82. The van der Waals surface area contributed by atoms with Crippen LogP contribution in [-0.4, -0.2) is 23.0 Å². The molecule has 3 nitrogen and oxygen atoms in total. The zero-order valence-corrected chi connectivity index (χ0v) is 13.7. The fourth-order valence-corrected chi connectivity index (χ4v) is 2.34. The lowest BCUT2D eigenvalue weighted by Gasteiger charge is -2.18. The Morgan fingerprint density at radius 2 is 2.00 bits per heavy atom. The number of phenols is 1. The van der Waals surface area contributed by atoms with Crippen molar-refractivity contribution in [3.05, 3.63) is 62.2 Å². The third-order valence-corrected chi connectivity index (χ3v) is 4.48. The van der Waals surface area contributed by atoms with E-state index in [2.05, 4.69) is 22.6 Å². The van der Waals surface area contributed by atoms with Crippen molar-refractivity contribution in [1.29, 1.82) is 0 Å². The Labute approximate surface area is 136 Å². The van der Waals surface area contributed by atoms with Gasteiger partial charge in [0.2, 0.25) is 0 Å². The third-order valence-electron chi connectivity index (χ3n) is 2.91. The predicted octanol–water partition coefficient (Wildman–Crippen LogP) is 3.92. The van der Waals surface area contributed by atoms with Crippen molar-refractivity contribution >= 4 is 40.1 Å². The predicted molar refractivity (Wildman–Crippen MR) is 88.1 cm³/mol. The summed E-state index contributed by atoms with van der Waals surface area (Å²) in [4.78, 5) is 13.9. The molecule has 0 aliphatic carbocycles. The number of carbonyl (C=O) groups excluding carboxylic acids is 1. The first kappa shape index (κ1) is 15.1. The van der Waals surface area contributed by atoms with Gasteiger partial charge in [-0.3, -0.25) is 4.79 Å². The van der Waals surface area contributed by atoms with Gasteiger partial charge in [-0.2, -0.15) is 0 Å². The molecule has 0 unspecified atom stereocenters. The molecule has 2 aromatic carbocycles. The Hall–Kier alpha value is -1.27. The first-order valence-electron chi connectivity index (χ1n) is 5.96. The van der Waals surface area contributed by atoms with Crippen molar-refractivity contribution < 1.29 is 9.90 Å². The first-order chi connectivity index (χ1) is 9.49. The van der Waals surface area contributed by atoms with E-state index in [1.807, 2.05) is 12.1 Å². The summed E-state index contributed by atoms with van der Waals surface area (Å²) in [5.74, 6) is 0.0549. The molecular formula is C15H13ClINO2. The minimum Gasteiger partial charge on any atom is -0.508 e. The zero-order chi connectivity index (χ0) is 14.7. The zero-order valence-electron chi connectivity index (χ0n) is 10.8. The molecule has 2 aromatic rings. The Balaban J connectivity index is 2.16. The molecule has 0 fully saturated rings. The van der Waals surface area contributed by atoms with Gasteiger partial charge >= 0.3 is 0 Å². The van der Waals surface area contributed by atoms with Gasteiger partial charge in [0.05, 0.1) is 5.02 Å². The van der Waals surface area contributed by atoms with E-state index in [4.69, 9.17) is 11.6 Å². The molecule has 0 aliphatic heterocycles. The van der Waals surface area contributed by atoms with Crippen LogP contribution in [0.15, 0.2) is 42.5 Å². The van der Waals surface area contributed by atoms with Gasteiger partial charge < -0.3 is 10.0 Å². The lowest BCUT2D eigenvalue weighted by Crippen LogP contribution is -2.26. The molecule has 0 saturated heterocycles. The average molecular weight is 402 g/mol. The summed E-state index contributed by atoms with van der Waals surface area (Å²) in [6, 6.07) is 12.2. The van der Waals surface area contributed by atoms with E-state index >= 15 is 0 Å². The molecule has 0 aromatic heterocycles. The molecule has 0 heterocycles. The van der Waals surface area contributed by atoms with Gasteiger partial charge in [-0.05, 0) is 46.9 Å². The molecule has 1 amide bonds. The molecule has 0 atom stereocenters.